The summed E-state index contributed by atoms with van der Waals surface area (Å²) in [6.07, 6.45) is 1.66. The first kappa shape index (κ1) is 24.0. The summed E-state index contributed by atoms with van der Waals surface area (Å²) in [6, 6.07) is 13.5. The second-order valence-corrected chi connectivity index (χ2v) is 11.9. The van der Waals surface area contributed by atoms with Crippen LogP contribution in [0.3, 0.4) is 0 Å². The zero-order chi connectivity index (χ0) is 24.6. The van der Waals surface area contributed by atoms with Gasteiger partial charge < -0.3 is 19.7 Å². The van der Waals surface area contributed by atoms with E-state index in [2.05, 4.69) is 43.5 Å². The van der Waals surface area contributed by atoms with Gasteiger partial charge in [-0.15, -0.1) is 11.8 Å². The van der Waals surface area contributed by atoms with Gasteiger partial charge in [-0.1, -0.05) is 39.0 Å². The molecule has 7 nitrogen and oxygen atoms in total. The first-order valence-electron chi connectivity index (χ1n) is 12.2. The largest absolute Gasteiger partial charge is 0.454 e. The van der Waals surface area contributed by atoms with Crippen molar-refractivity contribution in [3.8, 4) is 11.5 Å². The molecule has 0 bridgehead atoms. The maximum Gasteiger partial charge on any atom is 0.253 e. The third-order valence-corrected chi connectivity index (χ3v) is 8.62. The average Bonchev–Trinajstić information content (AvgIpc) is 3.49. The molecule has 0 radical (unpaired) electrons. The molecule has 1 unspecified atom stereocenters. The lowest BCUT2D eigenvalue weighted by atomic mass is 9.86. The summed E-state index contributed by atoms with van der Waals surface area (Å²) in [7, 11) is 0. The molecule has 186 valence electrons. The van der Waals surface area contributed by atoms with Crippen molar-refractivity contribution < 1.29 is 19.1 Å². The number of hydrogen-bond acceptors (Lipinski definition) is 6. The molecule has 2 fully saturated rings. The maximum absolute atomic E-state index is 13.0. The Hall–Kier alpha value is -2.71. The third-order valence-electron chi connectivity index (χ3n) is 7.04. The van der Waals surface area contributed by atoms with E-state index in [9.17, 15) is 9.59 Å². The number of fused-ring (bicyclic) bond motifs is 1. The van der Waals surface area contributed by atoms with E-state index < -0.39 is 0 Å². The predicted molar refractivity (Wildman–Crippen MR) is 137 cm³/mol. The van der Waals surface area contributed by atoms with E-state index >= 15 is 0 Å². The lowest BCUT2D eigenvalue weighted by Gasteiger charge is -2.39. The SMILES string of the molecule is CC(C)(C)c1ccc(C(=O)N2CCC3(CC2)NC(C(=O)NCc2ccc4c(c2)OCO4)CS3)cc1. The fourth-order valence-electron chi connectivity index (χ4n) is 4.80. The van der Waals surface area contributed by atoms with E-state index in [0.29, 0.717) is 19.6 Å². The van der Waals surface area contributed by atoms with Crippen LogP contribution < -0.4 is 20.1 Å². The van der Waals surface area contributed by atoms with Gasteiger partial charge in [-0.2, -0.15) is 0 Å². The molecule has 0 aliphatic carbocycles. The van der Waals surface area contributed by atoms with E-state index in [1.54, 1.807) is 0 Å². The number of ether oxygens (including phenoxy) is 2. The Morgan fingerprint density at radius 2 is 1.80 bits per heavy atom. The van der Waals surface area contributed by atoms with E-state index in [1.807, 2.05) is 47.0 Å². The Bertz CT molecular complexity index is 1100. The molecule has 0 aromatic heterocycles. The van der Waals surface area contributed by atoms with Crippen LogP contribution in [0.1, 0.15) is 55.1 Å². The van der Waals surface area contributed by atoms with Gasteiger partial charge >= 0.3 is 0 Å². The second-order valence-electron chi connectivity index (χ2n) is 10.5. The van der Waals surface area contributed by atoms with E-state index in [-0.39, 0.29) is 34.9 Å². The zero-order valence-corrected chi connectivity index (χ0v) is 21.4. The van der Waals surface area contributed by atoms with Gasteiger partial charge in [0.05, 0.1) is 10.9 Å². The number of piperidine rings is 1. The summed E-state index contributed by atoms with van der Waals surface area (Å²) < 4.78 is 10.8. The highest BCUT2D eigenvalue weighted by Gasteiger charge is 2.44. The number of carbonyl (C=O) groups excluding carboxylic acids is 2. The fourth-order valence-corrected chi connectivity index (χ4v) is 6.22. The van der Waals surface area contributed by atoms with Crippen molar-refractivity contribution in [2.45, 2.75) is 56.5 Å². The molecule has 3 aliphatic rings. The number of likely N-dealkylation sites (tertiary alicyclic amines) is 1. The number of benzene rings is 2. The monoisotopic (exact) mass is 495 g/mol. The van der Waals surface area contributed by atoms with Gasteiger partial charge in [-0.3, -0.25) is 14.9 Å². The van der Waals surface area contributed by atoms with Crippen LogP contribution in [0.2, 0.25) is 0 Å². The number of nitrogens with zero attached hydrogens (tertiary/aromatic N) is 1. The van der Waals surface area contributed by atoms with Gasteiger partial charge in [0.15, 0.2) is 11.5 Å². The van der Waals surface area contributed by atoms with Crippen molar-refractivity contribution >= 4 is 23.6 Å². The minimum Gasteiger partial charge on any atom is -0.454 e. The molecule has 1 atom stereocenters. The standard InChI is InChI=1S/C27H33N3O4S/c1-26(2,3)20-7-5-19(6-8-20)25(32)30-12-10-27(11-13-30)29-21(16-35-27)24(31)28-15-18-4-9-22-23(14-18)34-17-33-22/h4-9,14,21,29H,10-13,15-17H2,1-3H3,(H,28,31). The Morgan fingerprint density at radius 3 is 2.51 bits per heavy atom. The van der Waals surface area contributed by atoms with E-state index in [4.69, 9.17) is 9.47 Å². The molecule has 5 rings (SSSR count). The number of amides is 2. The summed E-state index contributed by atoms with van der Waals surface area (Å²) in [6.45, 7) is 8.57. The first-order valence-corrected chi connectivity index (χ1v) is 13.2. The fraction of sp³-hybridized carbons (Fsp3) is 0.481. The molecule has 2 amide bonds. The predicted octanol–water partition coefficient (Wildman–Crippen LogP) is 3.67. The summed E-state index contributed by atoms with van der Waals surface area (Å²) >= 11 is 1.81. The van der Waals surface area contributed by atoms with Crippen molar-refractivity contribution in [1.29, 1.82) is 0 Å². The van der Waals surface area contributed by atoms with Gasteiger partial charge in [0, 0.05) is 31.0 Å². The summed E-state index contributed by atoms with van der Waals surface area (Å²) in [5.74, 6) is 2.28. The van der Waals surface area contributed by atoms with E-state index in [1.165, 1.54) is 5.56 Å². The molecule has 35 heavy (non-hydrogen) atoms. The van der Waals surface area contributed by atoms with Crippen molar-refractivity contribution in [2.24, 2.45) is 0 Å². The zero-order valence-electron chi connectivity index (χ0n) is 20.6. The van der Waals surface area contributed by atoms with Crippen LogP contribution in [0, 0.1) is 0 Å². The molecule has 3 aliphatic heterocycles. The normalized spacial score (nSPS) is 20.8. The number of hydrogen-bond donors (Lipinski definition) is 2. The molecule has 3 heterocycles. The van der Waals surface area contributed by atoms with Crippen LogP contribution >= 0.6 is 11.8 Å². The Kier molecular flexibility index (Phi) is 6.44. The van der Waals surface area contributed by atoms with Crippen LogP contribution in [0.4, 0.5) is 0 Å². The van der Waals surface area contributed by atoms with Crippen molar-refractivity contribution in [3.63, 3.8) is 0 Å². The van der Waals surface area contributed by atoms with Crippen LogP contribution in [-0.4, -0.2) is 53.3 Å². The van der Waals surface area contributed by atoms with Crippen LogP contribution in [0.25, 0.3) is 0 Å². The van der Waals surface area contributed by atoms with Gasteiger partial charge in [0.1, 0.15) is 0 Å². The number of nitrogens with one attached hydrogen (secondary N) is 2. The quantitative estimate of drug-likeness (QED) is 0.674. The van der Waals surface area contributed by atoms with Crippen molar-refractivity contribution in [3.05, 3.63) is 59.2 Å². The first-order chi connectivity index (χ1) is 16.7. The molecular weight excluding hydrogens is 462 g/mol. The minimum atomic E-state index is -0.235. The van der Waals surface area contributed by atoms with Crippen molar-refractivity contribution in [1.82, 2.24) is 15.5 Å². The minimum absolute atomic E-state index is 0.00415. The number of carbonyl (C=O) groups is 2. The summed E-state index contributed by atoms with van der Waals surface area (Å²) in [5.41, 5.74) is 3.01. The average molecular weight is 496 g/mol. The van der Waals surface area contributed by atoms with Gasteiger partial charge in [0.2, 0.25) is 12.7 Å². The smallest absolute Gasteiger partial charge is 0.253 e. The molecule has 2 saturated heterocycles. The molecular formula is C27H33N3O4S. The van der Waals surface area contributed by atoms with Crippen molar-refractivity contribution in [2.75, 3.05) is 25.6 Å². The van der Waals surface area contributed by atoms with Crippen LogP contribution in [-0.2, 0) is 16.8 Å². The summed E-state index contributed by atoms with van der Waals surface area (Å²) in [5, 5.41) is 6.62. The van der Waals surface area contributed by atoms with Gasteiger partial charge in [-0.05, 0) is 53.6 Å². The molecule has 2 aromatic rings. The van der Waals surface area contributed by atoms with Crippen LogP contribution in [0.15, 0.2) is 42.5 Å². The Balaban J connectivity index is 1.11. The highest BCUT2D eigenvalue weighted by atomic mass is 32.2. The third kappa shape index (κ3) is 5.14. The molecule has 8 heteroatoms. The number of thioether (sulfide) groups is 1. The number of rotatable bonds is 4. The maximum atomic E-state index is 13.0. The Labute approximate surface area is 210 Å². The van der Waals surface area contributed by atoms with Gasteiger partial charge in [-0.25, -0.2) is 0 Å². The van der Waals surface area contributed by atoms with Crippen LogP contribution in [0.5, 0.6) is 11.5 Å². The second kappa shape index (κ2) is 9.39. The Morgan fingerprint density at radius 1 is 1.09 bits per heavy atom. The highest BCUT2D eigenvalue weighted by Crippen LogP contribution is 2.39. The highest BCUT2D eigenvalue weighted by molar-refractivity contribution is 8.01. The summed E-state index contributed by atoms with van der Waals surface area (Å²) in [4.78, 5) is 27.7. The van der Waals surface area contributed by atoms with E-state index in [0.717, 1.165) is 41.2 Å². The molecule has 0 saturated carbocycles. The lowest BCUT2D eigenvalue weighted by Crippen LogP contribution is -2.54. The molecule has 1 spiro atoms. The molecule has 2 N–H and O–H groups in total. The lowest BCUT2D eigenvalue weighted by molar-refractivity contribution is -0.122. The topological polar surface area (TPSA) is 79.9 Å². The molecule has 2 aromatic carbocycles. The van der Waals surface area contributed by atoms with Gasteiger partial charge in [0.25, 0.3) is 5.91 Å².